The van der Waals surface area contributed by atoms with E-state index in [2.05, 4.69) is 31.9 Å². The van der Waals surface area contributed by atoms with Gasteiger partial charge in [-0.1, -0.05) is 12.1 Å². The van der Waals surface area contributed by atoms with E-state index in [4.69, 9.17) is 14.9 Å². The number of benzene rings is 1. The second kappa shape index (κ2) is 7.15. The number of methoxy groups -OCH3 is 1. The van der Waals surface area contributed by atoms with Gasteiger partial charge in [-0.3, -0.25) is 9.58 Å². The van der Waals surface area contributed by atoms with Crippen LogP contribution in [0.1, 0.15) is 26.3 Å². The standard InChI is InChI=1S/C18H27N3O2/c1-18(2,3)21-13-15(12-20(4)9-10-22)17(19-21)14-7-6-8-16(11-14)23-5/h6-8,11,13,22H,9-10,12H2,1-5H3. The largest absolute Gasteiger partial charge is 0.497 e. The number of hydrogen-bond acceptors (Lipinski definition) is 4. The summed E-state index contributed by atoms with van der Waals surface area (Å²) >= 11 is 0. The van der Waals surface area contributed by atoms with Crippen LogP contribution in [0.4, 0.5) is 0 Å². The van der Waals surface area contributed by atoms with Crippen LogP contribution in [0.2, 0.25) is 0 Å². The van der Waals surface area contributed by atoms with E-state index >= 15 is 0 Å². The molecule has 0 radical (unpaired) electrons. The zero-order valence-electron chi connectivity index (χ0n) is 14.7. The van der Waals surface area contributed by atoms with Crippen LogP contribution in [0.25, 0.3) is 11.3 Å². The first-order chi connectivity index (χ1) is 10.8. The molecule has 2 aromatic rings. The molecule has 23 heavy (non-hydrogen) atoms. The molecule has 0 aliphatic heterocycles. The number of aliphatic hydroxyl groups is 1. The van der Waals surface area contributed by atoms with Crippen molar-refractivity contribution < 1.29 is 9.84 Å². The molecule has 1 aromatic heterocycles. The first kappa shape index (κ1) is 17.5. The highest BCUT2D eigenvalue weighted by atomic mass is 16.5. The monoisotopic (exact) mass is 317 g/mol. The Labute approximate surface area is 138 Å². The molecule has 1 aromatic carbocycles. The van der Waals surface area contributed by atoms with Crippen LogP contribution >= 0.6 is 0 Å². The molecule has 5 nitrogen and oxygen atoms in total. The number of hydrogen-bond donors (Lipinski definition) is 1. The highest BCUT2D eigenvalue weighted by Gasteiger charge is 2.20. The topological polar surface area (TPSA) is 50.5 Å². The van der Waals surface area contributed by atoms with Gasteiger partial charge in [-0.2, -0.15) is 5.10 Å². The van der Waals surface area contributed by atoms with E-state index in [-0.39, 0.29) is 12.1 Å². The smallest absolute Gasteiger partial charge is 0.119 e. The van der Waals surface area contributed by atoms with Gasteiger partial charge in [0.1, 0.15) is 5.75 Å². The lowest BCUT2D eigenvalue weighted by Crippen LogP contribution is -2.23. The minimum atomic E-state index is -0.0819. The number of rotatable bonds is 6. The Balaban J connectivity index is 2.44. The van der Waals surface area contributed by atoms with Gasteiger partial charge in [-0.05, 0) is 40.0 Å². The van der Waals surface area contributed by atoms with Crippen LogP contribution in [-0.4, -0.2) is 47.1 Å². The molecule has 0 atom stereocenters. The van der Waals surface area contributed by atoms with Crippen molar-refractivity contribution in [2.45, 2.75) is 32.9 Å². The quantitative estimate of drug-likeness (QED) is 0.890. The Morgan fingerprint density at radius 2 is 2.04 bits per heavy atom. The van der Waals surface area contributed by atoms with Crippen molar-refractivity contribution in [1.82, 2.24) is 14.7 Å². The number of nitrogens with zero attached hydrogens (tertiary/aromatic N) is 3. The average molecular weight is 317 g/mol. The minimum Gasteiger partial charge on any atom is -0.497 e. The molecule has 1 heterocycles. The molecule has 0 saturated heterocycles. The van der Waals surface area contributed by atoms with Gasteiger partial charge < -0.3 is 9.84 Å². The lowest BCUT2D eigenvalue weighted by atomic mass is 10.1. The van der Waals surface area contributed by atoms with Gasteiger partial charge in [0.15, 0.2) is 0 Å². The number of aromatic nitrogens is 2. The van der Waals surface area contributed by atoms with Crippen LogP contribution in [0.5, 0.6) is 5.75 Å². The molecule has 0 spiro atoms. The third-order valence-corrected chi connectivity index (χ3v) is 3.74. The van der Waals surface area contributed by atoms with Gasteiger partial charge in [-0.25, -0.2) is 0 Å². The molecule has 0 fully saturated rings. The van der Waals surface area contributed by atoms with E-state index in [1.54, 1.807) is 7.11 Å². The lowest BCUT2D eigenvalue weighted by Gasteiger charge is -2.19. The van der Waals surface area contributed by atoms with Crippen molar-refractivity contribution >= 4 is 0 Å². The Bertz CT molecular complexity index is 644. The summed E-state index contributed by atoms with van der Waals surface area (Å²) in [5.41, 5.74) is 3.06. The molecule has 0 saturated carbocycles. The number of likely N-dealkylation sites (N-methyl/N-ethyl adjacent to an activating group) is 1. The summed E-state index contributed by atoms with van der Waals surface area (Å²) in [5.74, 6) is 0.822. The minimum absolute atomic E-state index is 0.0819. The summed E-state index contributed by atoms with van der Waals surface area (Å²) in [6, 6.07) is 7.96. The lowest BCUT2D eigenvalue weighted by molar-refractivity contribution is 0.217. The van der Waals surface area contributed by atoms with Gasteiger partial charge in [0.2, 0.25) is 0 Å². The number of ether oxygens (including phenoxy) is 1. The first-order valence-electron chi connectivity index (χ1n) is 7.88. The highest BCUT2D eigenvalue weighted by Crippen LogP contribution is 2.28. The van der Waals surface area contributed by atoms with E-state index in [0.29, 0.717) is 6.54 Å². The molecule has 1 N–H and O–H groups in total. The Morgan fingerprint density at radius 3 is 2.65 bits per heavy atom. The van der Waals surface area contributed by atoms with Crippen LogP contribution in [-0.2, 0) is 12.1 Å². The fourth-order valence-corrected chi connectivity index (χ4v) is 2.42. The molecule has 0 amide bonds. The zero-order chi connectivity index (χ0) is 17.0. The molecular formula is C18H27N3O2. The fraction of sp³-hybridized carbons (Fsp3) is 0.500. The van der Waals surface area contributed by atoms with Crippen LogP contribution in [0.3, 0.4) is 0 Å². The maximum atomic E-state index is 9.12. The maximum absolute atomic E-state index is 9.12. The molecular weight excluding hydrogens is 290 g/mol. The third kappa shape index (κ3) is 4.33. The Morgan fingerprint density at radius 1 is 1.30 bits per heavy atom. The molecule has 0 unspecified atom stereocenters. The summed E-state index contributed by atoms with van der Waals surface area (Å²) in [5, 5.41) is 13.9. The average Bonchev–Trinajstić information content (AvgIpc) is 2.91. The fourth-order valence-electron chi connectivity index (χ4n) is 2.42. The molecule has 2 rings (SSSR count). The normalized spacial score (nSPS) is 12.0. The number of aliphatic hydroxyl groups excluding tert-OH is 1. The summed E-state index contributed by atoms with van der Waals surface area (Å²) in [6.45, 7) is 7.93. The predicted octanol–water partition coefficient (Wildman–Crippen LogP) is 2.74. The second-order valence-electron chi connectivity index (χ2n) is 6.81. The predicted molar refractivity (Wildman–Crippen MR) is 92.6 cm³/mol. The maximum Gasteiger partial charge on any atom is 0.119 e. The molecule has 0 aliphatic carbocycles. The van der Waals surface area contributed by atoms with Gasteiger partial charge >= 0.3 is 0 Å². The van der Waals surface area contributed by atoms with Gasteiger partial charge in [0.05, 0.1) is 24.9 Å². The van der Waals surface area contributed by atoms with E-state index in [1.807, 2.05) is 36.0 Å². The molecule has 0 aliphatic rings. The van der Waals surface area contributed by atoms with Crippen molar-refractivity contribution in [2.24, 2.45) is 0 Å². The summed E-state index contributed by atoms with van der Waals surface area (Å²) in [7, 11) is 3.67. The van der Waals surface area contributed by atoms with Crippen molar-refractivity contribution in [3.8, 4) is 17.0 Å². The van der Waals surface area contributed by atoms with E-state index in [1.165, 1.54) is 0 Å². The molecule has 0 bridgehead atoms. The third-order valence-electron chi connectivity index (χ3n) is 3.74. The summed E-state index contributed by atoms with van der Waals surface area (Å²) < 4.78 is 7.34. The van der Waals surface area contributed by atoms with E-state index in [9.17, 15) is 0 Å². The molecule has 126 valence electrons. The molecule has 5 heteroatoms. The van der Waals surface area contributed by atoms with Crippen LogP contribution < -0.4 is 4.74 Å². The van der Waals surface area contributed by atoms with Crippen molar-refractivity contribution in [1.29, 1.82) is 0 Å². The van der Waals surface area contributed by atoms with Gasteiger partial charge in [0.25, 0.3) is 0 Å². The van der Waals surface area contributed by atoms with E-state index in [0.717, 1.165) is 29.1 Å². The highest BCUT2D eigenvalue weighted by molar-refractivity contribution is 5.64. The Kier molecular flexibility index (Phi) is 5.44. The van der Waals surface area contributed by atoms with E-state index < -0.39 is 0 Å². The van der Waals surface area contributed by atoms with Gasteiger partial charge in [0, 0.05) is 30.4 Å². The summed E-state index contributed by atoms with van der Waals surface area (Å²) in [6.07, 6.45) is 2.10. The van der Waals surface area contributed by atoms with Crippen molar-refractivity contribution in [3.63, 3.8) is 0 Å². The van der Waals surface area contributed by atoms with Crippen LogP contribution in [0, 0.1) is 0 Å². The summed E-state index contributed by atoms with van der Waals surface area (Å²) in [4.78, 5) is 2.09. The second-order valence-corrected chi connectivity index (χ2v) is 6.81. The first-order valence-corrected chi connectivity index (χ1v) is 7.88. The zero-order valence-corrected chi connectivity index (χ0v) is 14.7. The van der Waals surface area contributed by atoms with Crippen molar-refractivity contribution in [3.05, 3.63) is 36.0 Å². The Hall–Kier alpha value is -1.85. The van der Waals surface area contributed by atoms with Gasteiger partial charge in [-0.15, -0.1) is 0 Å². The van der Waals surface area contributed by atoms with Crippen LogP contribution in [0.15, 0.2) is 30.5 Å². The SMILES string of the molecule is COc1cccc(-c2nn(C(C)(C)C)cc2CN(C)CCO)c1. The van der Waals surface area contributed by atoms with Crippen molar-refractivity contribution in [2.75, 3.05) is 27.3 Å².